The van der Waals surface area contributed by atoms with E-state index in [0.717, 1.165) is 0 Å². The van der Waals surface area contributed by atoms with Crippen LogP contribution >= 0.6 is 11.6 Å². The molecule has 0 bridgehead atoms. The molecule has 1 heterocycles. The van der Waals surface area contributed by atoms with Crippen LogP contribution in [-0.2, 0) is 6.54 Å². The first-order valence-corrected chi connectivity index (χ1v) is 4.53. The molecule has 0 saturated carbocycles. The molecule has 13 heavy (non-hydrogen) atoms. The molecule has 1 rings (SSSR count). The molecular formula is C8H12ClN3O. The molecule has 0 aliphatic carbocycles. The third kappa shape index (κ3) is 2.08. The molecule has 2 N–H and O–H groups in total. The van der Waals surface area contributed by atoms with Crippen LogP contribution in [0.1, 0.15) is 23.7 Å². The van der Waals surface area contributed by atoms with E-state index in [9.17, 15) is 4.79 Å². The predicted octanol–water partition coefficient (Wildman–Crippen LogP) is 1.09. The highest BCUT2D eigenvalue weighted by molar-refractivity contribution is 6.32. The van der Waals surface area contributed by atoms with Crippen LogP contribution in [0.3, 0.4) is 0 Å². The van der Waals surface area contributed by atoms with Crippen molar-refractivity contribution < 1.29 is 4.79 Å². The molecular weight excluding hydrogens is 190 g/mol. The van der Waals surface area contributed by atoms with Crippen LogP contribution < -0.4 is 5.73 Å². The van der Waals surface area contributed by atoms with Gasteiger partial charge in [0.25, 0.3) is 0 Å². The molecule has 0 atom stereocenters. The Balaban J connectivity index is 2.89. The molecule has 1 aromatic rings. The molecule has 0 radical (unpaired) electrons. The van der Waals surface area contributed by atoms with Crippen molar-refractivity contribution in [3.63, 3.8) is 0 Å². The van der Waals surface area contributed by atoms with E-state index in [-0.39, 0.29) is 5.78 Å². The highest BCUT2D eigenvalue weighted by atomic mass is 35.5. The molecule has 0 amide bonds. The van der Waals surface area contributed by atoms with E-state index >= 15 is 0 Å². The number of hydrogen-bond acceptors (Lipinski definition) is 3. The van der Waals surface area contributed by atoms with Crippen LogP contribution in [-0.4, -0.2) is 22.1 Å². The Labute approximate surface area is 81.7 Å². The number of halogens is 1. The van der Waals surface area contributed by atoms with Crippen molar-refractivity contribution in [3.8, 4) is 0 Å². The highest BCUT2D eigenvalue weighted by Crippen LogP contribution is 2.16. The van der Waals surface area contributed by atoms with E-state index in [0.29, 0.717) is 30.2 Å². The summed E-state index contributed by atoms with van der Waals surface area (Å²) in [5, 5.41) is 4.36. The minimum atomic E-state index is -0.0489. The molecule has 72 valence electrons. The zero-order valence-electron chi connectivity index (χ0n) is 7.46. The lowest BCUT2D eigenvalue weighted by Gasteiger charge is -1.98. The Morgan fingerprint density at radius 3 is 2.92 bits per heavy atom. The third-order valence-electron chi connectivity index (χ3n) is 1.75. The molecule has 0 spiro atoms. The van der Waals surface area contributed by atoms with Crippen molar-refractivity contribution in [2.24, 2.45) is 5.73 Å². The van der Waals surface area contributed by atoms with Gasteiger partial charge in [-0.3, -0.25) is 9.48 Å². The molecule has 5 heteroatoms. The summed E-state index contributed by atoms with van der Waals surface area (Å²) in [5.41, 5.74) is 5.73. The smallest absolute Gasteiger partial charge is 0.168 e. The molecule has 0 aromatic carbocycles. The summed E-state index contributed by atoms with van der Waals surface area (Å²) >= 11 is 5.89. The minimum Gasteiger partial charge on any atom is -0.330 e. The van der Waals surface area contributed by atoms with Crippen molar-refractivity contribution in [3.05, 3.63) is 16.9 Å². The first-order valence-electron chi connectivity index (χ1n) is 4.15. The first-order chi connectivity index (χ1) is 6.20. The first kappa shape index (κ1) is 10.2. The topological polar surface area (TPSA) is 60.9 Å². The second kappa shape index (κ2) is 4.39. The summed E-state index contributed by atoms with van der Waals surface area (Å²) in [6.07, 6.45) is 1.80. The largest absolute Gasteiger partial charge is 0.330 e. The number of ketones is 1. The van der Waals surface area contributed by atoms with Gasteiger partial charge in [-0.05, 0) is 13.5 Å². The van der Waals surface area contributed by atoms with Gasteiger partial charge in [0.05, 0.1) is 11.8 Å². The van der Waals surface area contributed by atoms with Crippen LogP contribution in [0.25, 0.3) is 0 Å². The third-order valence-corrected chi connectivity index (χ3v) is 2.15. The SMILES string of the molecule is CCn1ncc(C(=O)CCN)c1Cl. The average Bonchev–Trinajstić information content (AvgIpc) is 2.47. The van der Waals surface area contributed by atoms with E-state index in [1.165, 1.54) is 6.20 Å². The maximum absolute atomic E-state index is 11.4. The summed E-state index contributed by atoms with van der Waals surface area (Å²) in [6.45, 7) is 2.91. The Kier molecular flexibility index (Phi) is 3.45. The Hall–Kier alpha value is -0.870. The number of hydrogen-bond donors (Lipinski definition) is 1. The number of rotatable bonds is 4. The quantitative estimate of drug-likeness (QED) is 0.742. The second-order valence-electron chi connectivity index (χ2n) is 2.63. The van der Waals surface area contributed by atoms with Crippen LogP contribution in [0.4, 0.5) is 0 Å². The van der Waals surface area contributed by atoms with Crippen LogP contribution in [0.2, 0.25) is 5.15 Å². The zero-order valence-corrected chi connectivity index (χ0v) is 8.21. The van der Waals surface area contributed by atoms with Crippen molar-refractivity contribution in [1.29, 1.82) is 0 Å². The van der Waals surface area contributed by atoms with Crippen LogP contribution in [0, 0.1) is 0 Å². The number of aryl methyl sites for hydroxylation is 1. The van der Waals surface area contributed by atoms with Crippen molar-refractivity contribution in [1.82, 2.24) is 9.78 Å². The maximum atomic E-state index is 11.4. The fraction of sp³-hybridized carbons (Fsp3) is 0.500. The number of carbonyl (C=O) groups is 1. The van der Waals surface area contributed by atoms with Crippen molar-refractivity contribution in [2.75, 3.05) is 6.54 Å². The molecule has 0 aliphatic heterocycles. The summed E-state index contributed by atoms with van der Waals surface area (Å²) < 4.78 is 1.57. The number of carbonyl (C=O) groups excluding carboxylic acids is 1. The van der Waals surface area contributed by atoms with E-state index < -0.39 is 0 Å². The fourth-order valence-electron chi connectivity index (χ4n) is 1.04. The standard InChI is InChI=1S/C8H12ClN3O/c1-2-12-8(9)6(5-11-12)7(13)3-4-10/h5H,2-4,10H2,1H3. The number of nitrogens with zero attached hydrogens (tertiary/aromatic N) is 2. The Morgan fingerprint density at radius 2 is 2.46 bits per heavy atom. The molecule has 0 saturated heterocycles. The van der Waals surface area contributed by atoms with Crippen LogP contribution in [0.15, 0.2) is 6.20 Å². The normalized spacial score (nSPS) is 10.4. The second-order valence-corrected chi connectivity index (χ2v) is 2.98. The van der Waals surface area contributed by atoms with Gasteiger partial charge in [-0.15, -0.1) is 0 Å². The molecule has 0 unspecified atom stereocenters. The number of Topliss-reactive ketones (excluding diaryl/α,β-unsaturated/α-hetero) is 1. The van der Waals surface area contributed by atoms with E-state index in [1.807, 2.05) is 6.92 Å². The lowest BCUT2D eigenvalue weighted by atomic mass is 10.2. The van der Waals surface area contributed by atoms with Gasteiger partial charge in [-0.25, -0.2) is 0 Å². The molecule has 0 aliphatic rings. The predicted molar refractivity (Wildman–Crippen MR) is 50.9 cm³/mol. The number of aromatic nitrogens is 2. The Morgan fingerprint density at radius 1 is 1.77 bits per heavy atom. The van der Waals surface area contributed by atoms with Gasteiger partial charge in [0.2, 0.25) is 0 Å². The van der Waals surface area contributed by atoms with Gasteiger partial charge in [0.15, 0.2) is 5.78 Å². The van der Waals surface area contributed by atoms with Gasteiger partial charge < -0.3 is 5.73 Å². The van der Waals surface area contributed by atoms with Crippen LogP contribution in [0.5, 0.6) is 0 Å². The van der Waals surface area contributed by atoms with Crippen molar-refractivity contribution in [2.45, 2.75) is 19.9 Å². The summed E-state index contributed by atoms with van der Waals surface area (Å²) in [5.74, 6) is -0.0489. The van der Waals surface area contributed by atoms with E-state index in [4.69, 9.17) is 17.3 Å². The van der Waals surface area contributed by atoms with Gasteiger partial charge in [0.1, 0.15) is 5.15 Å². The average molecular weight is 202 g/mol. The maximum Gasteiger partial charge on any atom is 0.168 e. The number of nitrogens with two attached hydrogens (primary N) is 1. The lowest BCUT2D eigenvalue weighted by Crippen LogP contribution is -2.08. The highest BCUT2D eigenvalue weighted by Gasteiger charge is 2.13. The van der Waals surface area contributed by atoms with Crippen molar-refractivity contribution >= 4 is 17.4 Å². The van der Waals surface area contributed by atoms with Gasteiger partial charge in [-0.2, -0.15) is 5.10 Å². The zero-order chi connectivity index (χ0) is 9.84. The fourth-order valence-corrected chi connectivity index (χ4v) is 1.36. The monoisotopic (exact) mass is 201 g/mol. The minimum absolute atomic E-state index is 0.0489. The van der Waals surface area contributed by atoms with E-state index in [1.54, 1.807) is 4.68 Å². The molecule has 1 aromatic heterocycles. The van der Waals surface area contributed by atoms with Gasteiger partial charge >= 0.3 is 0 Å². The Bertz CT molecular complexity index is 308. The molecule has 0 fully saturated rings. The molecule has 4 nitrogen and oxygen atoms in total. The van der Waals surface area contributed by atoms with Gasteiger partial charge in [-0.1, -0.05) is 11.6 Å². The summed E-state index contributed by atoms with van der Waals surface area (Å²) in [6, 6.07) is 0. The lowest BCUT2D eigenvalue weighted by molar-refractivity contribution is 0.0985. The van der Waals surface area contributed by atoms with Gasteiger partial charge in [0, 0.05) is 13.0 Å². The summed E-state index contributed by atoms with van der Waals surface area (Å²) in [7, 11) is 0. The summed E-state index contributed by atoms with van der Waals surface area (Å²) in [4.78, 5) is 11.4. The van der Waals surface area contributed by atoms with E-state index in [2.05, 4.69) is 5.10 Å².